The molecule has 0 aromatic heterocycles. The molecule has 3 aromatic carbocycles. The van der Waals surface area contributed by atoms with Gasteiger partial charge in [0.15, 0.2) is 11.5 Å². The normalized spacial score (nSPS) is 12.8. The Morgan fingerprint density at radius 2 is 1.42 bits per heavy atom. The van der Waals surface area contributed by atoms with Gasteiger partial charge >= 0.3 is 0 Å². The van der Waals surface area contributed by atoms with Crippen LogP contribution in [0.15, 0.2) is 65.6 Å². The molecule has 0 spiro atoms. The van der Waals surface area contributed by atoms with Gasteiger partial charge < -0.3 is 14.8 Å². The van der Waals surface area contributed by atoms with Gasteiger partial charge in [-0.05, 0) is 62.4 Å². The second-order valence-corrected chi connectivity index (χ2v) is 9.00. The summed E-state index contributed by atoms with van der Waals surface area (Å²) in [6.07, 6.45) is 0. The van der Waals surface area contributed by atoms with E-state index in [1.54, 1.807) is 30.3 Å². The Balaban J connectivity index is 1.46. The molecule has 1 aliphatic heterocycles. The van der Waals surface area contributed by atoms with Crippen LogP contribution in [0.3, 0.4) is 0 Å². The molecule has 160 valence electrons. The summed E-state index contributed by atoms with van der Waals surface area (Å²) in [6, 6.07) is 16.6. The number of anilines is 2. The number of carbonyl (C=O) groups is 1. The number of amides is 1. The topological polar surface area (TPSA) is 93.7 Å². The molecule has 0 bridgehead atoms. The summed E-state index contributed by atoms with van der Waals surface area (Å²) in [7, 11) is -3.81. The Morgan fingerprint density at radius 3 is 2.10 bits per heavy atom. The number of ether oxygens (including phenoxy) is 2. The van der Waals surface area contributed by atoms with Crippen LogP contribution in [0.5, 0.6) is 11.5 Å². The van der Waals surface area contributed by atoms with Gasteiger partial charge in [0.05, 0.1) is 4.90 Å². The number of fused-ring (bicyclic) bond motifs is 1. The van der Waals surface area contributed by atoms with Gasteiger partial charge in [-0.15, -0.1) is 0 Å². The summed E-state index contributed by atoms with van der Waals surface area (Å²) in [5.74, 6) is 0.698. The van der Waals surface area contributed by atoms with E-state index in [-0.39, 0.29) is 10.8 Å². The monoisotopic (exact) mass is 438 g/mol. The third kappa shape index (κ3) is 4.80. The number of carbonyl (C=O) groups excluding carboxylic acids is 1. The number of nitrogens with one attached hydrogen (secondary N) is 2. The average molecular weight is 439 g/mol. The fourth-order valence-electron chi connectivity index (χ4n) is 3.34. The minimum Gasteiger partial charge on any atom is -0.486 e. The van der Waals surface area contributed by atoms with E-state index in [0.29, 0.717) is 41.7 Å². The van der Waals surface area contributed by atoms with Gasteiger partial charge in [-0.25, -0.2) is 8.42 Å². The van der Waals surface area contributed by atoms with Crippen molar-refractivity contribution in [2.75, 3.05) is 23.3 Å². The lowest BCUT2D eigenvalue weighted by molar-refractivity contribution is 0.102. The fourth-order valence-corrected chi connectivity index (χ4v) is 4.41. The van der Waals surface area contributed by atoms with Crippen LogP contribution in [-0.2, 0) is 10.0 Å². The van der Waals surface area contributed by atoms with E-state index in [9.17, 15) is 13.2 Å². The highest BCUT2D eigenvalue weighted by Crippen LogP contribution is 2.32. The van der Waals surface area contributed by atoms with Crippen molar-refractivity contribution < 1.29 is 22.7 Å². The lowest BCUT2D eigenvalue weighted by Gasteiger charge is -2.19. The number of aryl methyl sites for hydroxylation is 2. The second-order valence-electron chi connectivity index (χ2n) is 7.32. The van der Waals surface area contributed by atoms with Crippen LogP contribution in [0.4, 0.5) is 11.4 Å². The van der Waals surface area contributed by atoms with Gasteiger partial charge in [0.25, 0.3) is 15.9 Å². The van der Waals surface area contributed by atoms with Crippen LogP contribution >= 0.6 is 0 Å². The molecule has 0 atom stereocenters. The number of benzene rings is 3. The maximum Gasteiger partial charge on any atom is 0.262 e. The van der Waals surface area contributed by atoms with Crippen molar-refractivity contribution in [2.45, 2.75) is 18.7 Å². The first-order chi connectivity index (χ1) is 14.8. The van der Waals surface area contributed by atoms with E-state index >= 15 is 0 Å². The number of sulfonamides is 1. The first kappa shape index (κ1) is 20.7. The molecule has 0 aliphatic carbocycles. The second kappa shape index (κ2) is 8.31. The maximum absolute atomic E-state index is 12.7. The predicted molar refractivity (Wildman–Crippen MR) is 119 cm³/mol. The Labute approximate surface area is 181 Å². The summed E-state index contributed by atoms with van der Waals surface area (Å²) >= 11 is 0. The van der Waals surface area contributed by atoms with Crippen molar-refractivity contribution in [3.8, 4) is 11.5 Å². The molecule has 0 saturated carbocycles. The van der Waals surface area contributed by atoms with E-state index in [1.807, 2.05) is 32.0 Å². The van der Waals surface area contributed by atoms with Gasteiger partial charge in [-0.3, -0.25) is 9.52 Å². The van der Waals surface area contributed by atoms with Crippen LogP contribution in [-0.4, -0.2) is 27.5 Å². The Morgan fingerprint density at radius 1 is 0.806 bits per heavy atom. The average Bonchev–Trinajstić information content (AvgIpc) is 2.74. The van der Waals surface area contributed by atoms with E-state index < -0.39 is 10.0 Å². The summed E-state index contributed by atoms with van der Waals surface area (Å²) in [5.41, 5.74) is 3.52. The van der Waals surface area contributed by atoms with Gasteiger partial charge in [0, 0.05) is 23.0 Å². The molecule has 0 saturated heterocycles. The lowest BCUT2D eigenvalue weighted by atomic mass is 10.1. The molecule has 1 heterocycles. The zero-order valence-electron chi connectivity index (χ0n) is 17.1. The molecule has 2 N–H and O–H groups in total. The van der Waals surface area contributed by atoms with Crippen LogP contribution < -0.4 is 19.5 Å². The zero-order chi connectivity index (χ0) is 22.0. The number of hydrogen-bond acceptors (Lipinski definition) is 5. The Hall–Kier alpha value is -3.52. The third-order valence-electron chi connectivity index (χ3n) is 4.70. The van der Waals surface area contributed by atoms with Gasteiger partial charge in [-0.2, -0.15) is 0 Å². The smallest absolute Gasteiger partial charge is 0.262 e. The molecular weight excluding hydrogens is 416 g/mol. The van der Waals surface area contributed by atoms with E-state index in [2.05, 4.69) is 10.0 Å². The molecule has 1 amide bonds. The quantitative estimate of drug-likeness (QED) is 0.625. The molecule has 31 heavy (non-hydrogen) atoms. The summed E-state index contributed by atoms with van der Waals surface area (Å²) in [4.78, 5) is 12.6. The van der Waals surface area contributed by atoms with Crippen molar-refractivity contribution in [1.29, 1.82) is 0 Å². The first-order valence-corrected chi connectivity index (χ1v) is 11.2. The molecule has 3 aromatic rings. The Kier molecular flexibility index (Phi) is 5.56. The van der Waals surface area contributed by atoms with E-state index in [0.717, 1.165) is 11.1 Å². The molecule has 0 radical (unpaired) electrons. The van der Waals surface area contributed by atoms with Gasteiger partial charge in [0.1, 0.15) is 13.2 Å². The minimum atomic E-state index is -3.81. The van der Waals surface area contributed by atoms with Gasteiger partial charge in [0.2, 0.25) is 0 Å². The van der Waals surface area contributed by atoms with Crippen LogP contribution in [0.2, 0.25) is 0 Å². The molecule has 7 nitrogen and oxygen atoms in total. The highest BCUT2D eigenvalue weighted by molar-refractivity contribution is 7.92. The predicted octanol–water partition coefficient (Wildman–Crippen LogP) is 4.13. The zero-order valence-corrected chi connectivity index (χ0v) is 18.0. The van der Waals surface area contributed by atoms with Crippen molar-refractivity contribution >= 4 is 27.3 Å². The SMILES string of the molecule is Cc1cc(C)cc(C(=O)Nc2ccc(NS(=O)(=O)c3ccc4c(c3)OCCO4)cc2)c1. The first-order valence-electron chi connectivity index (χ1n) is 9.72. The molecule has 0 unspecified atom stereocenters. The summed E-state index contributed by atoms with van der Waals surface area (Å²) in [5, 5.41) is 2.82. The third-order valence-corrected chi connectivity index (χ3v) is 6.08. The molecule has 1 aliphatic rings. The maximum atomic E-state index is 12.7. The summed E-state index contributed by atoms with van der Waals surface area (Å²) in [6.45, 7) is 4.68. The van der Waals surface area contributed by atoms with Crippen molar-refractivity contribution in [1.82, 2.24) is 0 Å². The van der Waals surface area contributed by atoms with Crippen molar-refractivity contribution in [2.24, 2.45) is 0 Å². The molecular formula is C23H22N2O5S. The highest BCUT2D eigenvalue weighted by atomic mass is 32.2. The molecule has 0 fully saturated rings. The Bertz CT molecular complexity index is 1220. The van der Waals surface area contributed by atoms with Crippen molar-refractivity contribution in [3.05, 3.63) is 77.4 Å². The fraction of sp³-hybridized carbons (Fsp3) is 0.174. The van der Waals surface area contributed by atoms with Crippen LogP contribution in [0.1, 0.15) is 21.5 Å². The van der Waals surface area contributed by atoms with Crippen molar-refractivity contribution in [3.63, 3.8) is 0 Å². The van der Waals surface area contributed by atoms with Crippen LogP contribution in [0.25, 0.3) is 0 Å². The number of hydrogen-bond donors (Lipinski definition) is 2. The largest absolute Gasteiger partial charge is 0.486 e. The molecule has 8 heteroatoms. The standard InChI is InChI=1S/C23H22N2O5S/c1-15-11-16(2)13-17(12-15)23(26)24-18-3-5-19(6-4-18)25-31(27,28)20-7-8-21-22(14-20)30-10-9-29-21/h3-8,11-14,25H,9-10H2,1-2H3,(H,24,26). The minimum absolute atomic E-state index is 0.0731. The van der Waals surface area contributed by atoms with E-state index in [1.165, 1.54) is 12.1 Å². The lowest BCUT2D eigenvalue weighted by Crippen LogP contribution is -2.17. The molecule has 4 rings (SSSR count). The van der Waals surface area contributed by atoms with E-state index in [4.69, 9.17) is 9.47 Å². The summed E-state index contributed by atoms with van der Waals surface area (Å²) < 4.78 is 38.9. The van der Waals surface area contributed by atoms with Crippen LogP contribution in [0, 0.1) is 13.8 Å². The highest BCUT2D eigenvalue weighted by Gasteiger charge is 2.19. The van der Waals surface area contributed by atoms with Gasteiger partial charge in [-0.1, -0.05) is 17.2 Å². The number of rotatable bonds is 5.